The molecule has 0 aromatic heterocycles. The zero-order chi connectivity index (χ0) is 41.3. The number of likely N-dealkylation sites (N-methyl/N-ethyl adjacent to an activating group) is 1. The number of Topliss-reactive ketones (excluding diaryl/α,β-unsaturated/α-hetero) is 1. The third kappa shape index (κ3) is 6.85. The van der Waals surface area contributed by atoms with Gasteiger partial charge in [-0.15, -0.1) is 0 Å². The van der Waals surface area contributed by atoms with E-state index in [9.17, 15) is 80.1 Å². The van der Waals surface area contributed by atoms with Crippen LogP contribution in [0.1, 0.15) is 68.9 Å². The van der Waals surface area contributed by atoms with Crippen LogP contribution in [0.25, 0.3) is 0 Å². The summed E-state index contributed by atoms with van der Waals surface area (Å²) in [6, 6.07) is 4.73. The molecule has 0 bridgehead atoms. The largest absolute Gasteiger partial charge is 0.508 e. The molecule has 20 heteroatoms. The Hall–Kier alpha value is -2.80. The second-order valence-corrected chi connectivity index (χ2v) is 14.8. The van der Waals surface area contributed by atoms with Crippen molar-refractivity contribution in [2.75, 3.05) is 20.1 Å². The van der Waals surface area contributed by atoms with Gasteiger partial charge in [0.15, 0.2) is 5.83 Å². The zero-order valence-electron chi connectivity index (χ0n) is 28.5. The van der Waals surface area contributed by atoms with Gasteiger partial charge >= 0.3 is 41.7 Å². The summed E-state index contributed by atoms with van der Waals surface area (Å²) in [6.45, 7) is 0.580. The summed E-state index contributed by atoms with van der Waals surface area (Å²) in [7, 11) is 1.10. The molecule has 2 saturated carbocycles. The van der Waals surface area contributed by atoms with E-state index in [2.05, 4.69) is 0 Å². The van der Waals surface area contributed by atoms with Crippen LogP contribution in [0.4, 0.5) is 74.6 Å². The molecule has 3 aliphatic rings. The Bertz CT molecular complexity index is 1580. The van der Waals surface area contributed by atoms with Crippen LogP contribution in [0.5, 0.6) is 5.75 Å². The normalized spacial score (nSPS) is 27.6. The van der Waals surface area contributed by atoms with Crippen molar-refractivity contribution < 1.29 is 84.5 Å². The van der Waals surface area contributed by atoms with E-state index in [1.165, 1.54) is 6.07 Å². The Kier molecular flexibility index (Phi) is 11.6. The maximum absolute atomic E-state index is 15.9. The first-order valence-electron chi connectivity index (χ1n) is 16.8. The highest BCUT2D eigenvalue weighted by Gasteiger charge is 2.93. The Labute approximate surface area is 297 Å². The number of nitrogens with zero attached hydrogens (tertiary/aromatic N) is 1. The van der Waals surface area contributed by atoms with Crippen LogP contribution in [0.15, 0.2) is 30.1 Å². The van der Waals surface area contributed by atoms with Crippen molar-refractivity contribution in [2.45, 2.75) is 112 Å². The van der Waals surface area contributed by atoms with E-state index < -0.39 is 77.7 Å². The standard InChI is InChI=1S/C34H36F17NO2/c1-27-16-22(35)26-20-8-7-19(53)15-18(20)14-17(25(26)21(27)9-10-24(27)54)6-4-3-5-12-52(2)13-11-23(36)28(37,38)29(39,40)30(41,42)31(43,44)32(45,46)33(47,48)34(49,50)51/h7-8,11,15,17,21-22,25-26,53H,3-6,9-10,12-14,16H2,1-2H3/b23-11-/t17-,21+,22+,25+,26+,27+/m1/s1. The molecule has 0 spiro atoms. The van der Waals surface area contributed by atoms with Gasteiger partial charge in [-0.25, -0.2) is 8.78 Å². The van der Waals surface area contributed by atoms with Crippen molar-refractivity contribution in [3.63, 3.8) is 0 Å². The van der Waals surface area contributed by atoms with Crippen LogP contribution >= 0.6 is 0 Å². The molecule has 4 rings (SSSR count). The van der Waals surface area contributed by atoms with Gasteiger partial charge in [-0.2, -0.15) is 65.9 Å². The van der Waals surface area contributed by atoms with Gasteiger partial charge in [0.1, 0.15) is 17.7 Å². The van der Waals surface area contributed by atoms with Gasteiger partial charge < -0.3 is 10.0 Å². The summed E-state index contributed by atoms with van der Waals surface area (Å²) in [5, 5.41) is 10.1. The van der Waals surface area contributed by atoms with Crippen LogP contribution in [0, 0.1) is 23.2 Å². The highest BCUT2D eigenvalue weighted by Crippen LogP contribution is 2.64. The molecule has 0 amide bonds. The quantitative estimate of drug-likeness (QED) is 0.150. The van der Waals surface area contributed by atoms with Gasteiger partial charge in [-0.1, -0.05) is 25.8 Å². The lowest BCUT2D eigenvalue weighted by Gasteiger charge is -2.53. The van der Waals surface area contributed by atoms with Crippen molar-refractivity contribution in [2.24, 2.45) is 23.2 Å². The Balaban J connectivity index is 1.38. The molecule has 0 heterocycles. The van der Waals surface area contributed by atoms with Crippen molar-refractivity contribution in [1.82, 2.24) is 4.90 Å². The Morgan fingerprint density at radius 3 is 2.04 bits per heavy atom. The number of allylic oxidation sites excluding steroid dienone is 1. The number of benzene rings is 1. The van der Waals surface area contributed by atoms with E-state index in [-0.39, 0.29) is 48.7 Å². The lowest BCUT2D eigenvalue weighted by atomic mass is 9.51. The second kappa shape index (κ2) is 14.3. The van der Waals surface area contributed by atoms with Crippen LogP contribution in [-0.4, -0.2) is 83.8 Å². The Morgan fingerprint density at radius 2 is 1.44 bits per heavy atom. The van der Waals surface area contributed by atoms with E-state index in [0.29, 0.717) is 38.5 Å². The van der Waals surface area contributed by atoms with Gasteiger partial charge in [0.2, 0.25) is 0 Å². The monoisotopic (exact) mass is 813 g/mol. The summed E-state index contributed by atoms with van der Waals surface area (Å²) in [5.41, 5.74) is 0.706. The summed E-state index contributed by atoms with van der Waals surface area (Å²) in [5.74, 6) is -52.9. The molecule has 0 saturated heterocycles. The molecule has 308 valence electrons. The number of hydrogen-bond donors (Lipinski definition) is 1. The number of fused-ring (bicyclic) bond motifs is 5. The number of phenols is 1. The molecule has 1 aromatic rings. The predicted molar refractivity (Wildman–Crippen MR) is 158 cm³/mol. The summed E-state index contributed by atoms with van der Waals surface area (Å²) >= 11 is 0. The minimum Gasteiger partial charge on any atom is -0.508 e. The fourth-order valence-corrected chi connectivity index (χ4v) is 8.37. The molecule has 2 fully saturated rings. The molecular formula is C34H36F17NO2. The molecule has 0 unspecified atom stereocenters. The number of ketones is 1. The smallest absolute Gasteiger partial charge is 0.460 e. The van der Waals surface area contributed by atoms with Gasteiger partial charge in [0.25, 0.3) is 0 Å². The third-order valence-corrected chi connectivity index (χ3v) is 11.4. The van der Waals surface area contributed by atoms with Crippen molar-refractivity contribution in [3.05, 3.63) is 41.2 Å². The maximum atomic E-state index is 15.9. The fourth-order valence-electron chi connectivity index (χ4n) is 8.37. The predicted octanol–water partition coefficient (Wildman–Crippen LogP) is 10.7. The number of carbonyl (C=O) groups excluding carboxylic acids is 1. The van der Waals surface area contributed by atoms with Gasteiger partial charge in [0.05, 0.1) is 0 Å². The molecular weight excluding hydrogens is 777 g/mol. The topological polar surface area (TPSA) is 40.5 Å². The summed E-state index contributed by atoms with van der Waals surface area (Å²) < 4.78 is 231. The first-order chi connectivity index (χ1) is 24.4. The first kappa shape index (κ1) is 43.9. The highest BCUT2D eigenvalue weighted by atomic mass is 19.4. The summed E-state index contributed by atoms with van der Waals surface area (Å²) in [6.07, 6.45) is -6.47. The fraction of sp³-hybridized carbons (Fsp3) is 0.735. The number of halogens is 17. The third-order valence-electron chi connectivity index (χ3n) is 11.4. The Morgan fingerprint density at radius 1 is 0.870 bits per heavy atom. The number of unbranched alkanes of at least 4 members (excludes halogenated alkanes) is 2. The minimum atomic E-state index is -8.49. The number of phenolic OH excluding ortho intramolecular Hbond substituents is 1. The van der Waals surface area contributed by atoms with Crippen molar-refractivity contribution >= 4 is 5.78 Å². The van der Waals surface area contributed by atoms with Gasteiger partial charge in [-0.05, 0) is 92.8 Å². The molecule has 3 nitrogen and oxygen atoms in total. The lowest BCUT2D eigenvalue weighted by molar-refractivity contribution is -0.450. The molecule has 0 radical (unpaired) electrons. The molecule has 3 aliphatic carbocycles. The minimum absolute atomic E-state index is 0.00218. The van der Waals surface area contributed by atoms with Crippen LogP contribution < -0.4 is 0 Å². The van der Waals surface area contributed by atoms with Crippen LogP contribution in [-0.2, 0) is 11.2 Å². The van der Waals surface area contributed by atoms with E-state index in [1.807, 2.05) is 0 Å². The number of carbonyl (C=O) groups is 1. The van der Waals surface area contributed by atoms with Crippen LogP contribution in [0.3, 0.4) is 0 Å². The lowest BCUT2D eigenvalue weighted by Crippen LogP contribution is -2.72. The molecule has 6 atom stereocenters. The molecule has 1 N–H and O–H groups in total. The molecule has 54 heavy (non-hydrogen) atoms. The van der Waals surface area contributed by atoms with E-state index in [4.69, 9.17) is 0 Å². The van der Waals surface area contributed by atoms with Crippen LogP contribution in [0.2, 0.25) is 0 Å². The average molecular weight is 814 g/mol. The number of aromatic hydroxyl groups is 1. The summed E-state index contributed by atoms with van der Waals surface area (Å²) in [4.78, 5) is 13.8. The SMILES string of the molecule is CN(C/C=C(\F)C(F)(F)C(F)(F)C(F)(F)C(F)(F)C(F)(F)C(F)(F)C(F)(F)F)CCCCC[C@@H]1Cc2cc(O)ccc2[C@@H]2[C@@H]1[C@@H]1CCC(=O)[C@@]1(C)C[C@@H]2F. The van der Waals surface area contributed by atoms with E-state index >= 15 is 4.39 Å². The van der Waals surface area contributed by atoms with E-state index in [0.717, 1.165) is 23.1 Å². The number of rotatable bonds is 14. The zero-order valence-corrected chi connectivity index (χ0v) is 28.5. The van der Waals surface area contributed by atoms with Crippen molar-refractivity contribution in [1.29, 1.82) is 0 Å². The van der Waals surface area contributed by atoms with Gasteiger partial charge in [-0.3, -0.25) is 4.79 Å². The first-order valence-corrected chi connectivity index (χ1v) is 16.8. The van der Waals surface area contributed by atoms with E-state index in [1.54, 1.807) is 19.1 Å². The number of hydrogen-bond acceptors (Lipinski definition) is 3. The van der Waals surface area contributed by atoms with Gasteiger partial charge in [0, 0.05) is 24.3 Å². The second-order valence-electron chi connectivity index (χ2n) is 14.8. The average Bonchev–Trinajstić information content (AvgIpc) is 3.34. The highest BCUT2D eigenvalue weighted by molar-refractivity contribution is 5.87. The maximum Gasteiger partial charge on any atom is 0.460 e. The van der Waals surface area contributed by atoms with Crippen molar-refractivity contribution in [3.8, 4) is 5.75 Å². The molecule has 1 aromatic carbocycles. The molecule has 0 aliphatic heterocycles. The number of alkyl halides is 16.